The maximum atomic E-state index is 13.3. The van der Waals surface area contributed by atoms with E-state index in [0.29, 0.717) is 6.54 Å². The number of halogens is 1. The van der Waals surface area contributed by atoms with Crippen LogP contribution in [0.1, 0.15) is 20.8 Å². The Morgan fingerprint density at radius 2 is 2.16 bits per heavy atom. The van der Waals surface area contributed by atoms with E-state index in [0.717, 1.165) is 12.1 Å². The number of benzene rings is 1. The van der Waals surface area contributed by atoms with Crippen molar-refractivity contribution in [2.24, 2.45) is 0 Å². The average Bonchev–Trinajstić information content (AvgIpc) is 2.84. The number of carbonyl (C=O) groups is 1. The lowest BCUT2D eigenvalue weighted by Crippen LogP contribution is -2.17. The number of rotatable bonds is 5. The Kier molecular flexibility index (Phi) is 4.29. The van der Waals surface area contributed by atoms with E-state index in [4.69, 9.17) is 5.11 Å². The molecule has 0 aliphatic carbocycles. The average molecular weight is 279 g/mol. The van der Waals surface area contributed by atoms with E-state index in [-0.39, 0.29) is 5.56 Å². The molecule has 0 spiro atoms. The van der Waals surface area contributed by atoms with Gasteiger partial charge >= 0.3 is 5.97 Å². The summed E-state index contributed by atoms with van der Waals surface area (Å²) in [4.78, 5) is 14.2. The number of thiophene rings is 1. The Morgan fingerprint density at radius 3 is 2.79 bits per heavy atom. The van der Waals surface area contributed by atoms with E-state index in [2.05, 4.69) is 11.0 Å². The van der Waals surface area contributed by atoms with Crippen molar-refractivity contribution < 1.29 is 14.3 Å². The van der Waals surface area contributed by atoms with Crippen molar-refractivity contribution in [2.75, 3.05) is 7.05 Å². The van der Waals surface area contributed by atoms with Crippen LogP contribution in [0.15, 0.2) is 35.7 Å². The van der Waals surface area contributed by atoms with E-state index in [1.54, 1.807) is 17.4 Å². The summed E-state index contributed by atoms with van der Waals surface area (Å²) in [5, 5.41) is 10.9. The van der Waals surface area contributed by atoms with Crippen LogP contribution in [0.3, 0.4) is 0 Å². The monoisotopic (exact) mass is 279 g/mol. The van der Waals surface area contributed by atoms with Gasteiger partial charge in [-0.3, -0.25) is 4.90 Å². The van der Waals surface area contributed by atoms with Crippen molar-refractivity contribution in [1.29, 1.82) is 0 Å². The maximum absolute atomic E-state index is 13.3. The van der Waals surface area contributed by atoms with Gasteiger partial charge in [-0.15, -0.1) is 11.3 Å². The van der Waals surface area contributed by atoms with Gasteiger partial charge < -0.3 is 5.11 Å². The molecule has 100 valence electrons. The van der Waals surface area contributed by atoms with Crippen molar-refractivity contribution in [1.82, 2.24) is 4.90 Å². The molecule has 0 saturated carbocycles. The second-order valence-corrected chi connectivity index (χ2v) is 5.40. The highest BCUT2D eigenvalue weighted by Crippen LogP contribution is 2.15. The predicted octanol–water partition coefficient (Wildman–Crippen LogP) is 3.22. The highest BCUT2D eigenvalue weighted by molar-refractivity contribution is 7.09. The van der Waals surface area contributed by atoms with Crippen LogP contribution in [0.5, 0.6) is 0 Å². The van der Waals surface area contributed by atoms with Crippen molar-refractivity contribution in [2.45, 2.75) is 13.1 Å². The summed E-state index contributed by atoms with van der Waals surface area (Å²) in [6.07, 6.45) is 0. The molecule has 1 N–H and O–H groups in total. The fourth-order valence-corrected chi connectivity index (χ4v) is 2.65. The van der Waals surface area contributed by atoms with Gasteiger partial charge in [0.1, 0.15) is 5.82 Å². The highest BCUT2D eigenvalue weighted by Gasteiger charge is 2.11. The number of carboxylic acid groups (broad SMARTS) is 1. The van der Waals surface area contributed by atoms with Crippen LogP contribution >= 0.6 is 11.3 Å². The molecule has 0 saturated heterocycles. The molecular weight excluding hydrogens is 265 g/mol. The SMILES string of the molecule is CN(Cc1ccc(F)c(C(=O)O)c1)Cc1cccs1. The quantitative estimate of drug-likeness (QED) is 0.913. The normalized spacial score (nSPS) is 10.9. The van der Waals surface area contributed by atoms with Crippen molar-refractivity contribution in [3.05, 3.63) is 57.5 Å². The van der Waals surface area contributed by atoms with Gasteiger partial charge in [0.15, 0.2) is 0 Å². The number of carboxylic acids is 1. The van der Waals surface area contributed by atoms with E-state index in [1.807, 2.05) is 18.5 Å². The van der Waals surface area contributed by atoms with Gasteiger partial charge in [-0.1, -0.05) is 12.1 Å². The molecular formula is C14H14FNO2S. The summed E-state index contributed by atoms with van der Waals surface area (Å²) in [6, 6.07) is 8.26. The van der Waals surface area contributed by atoms with E-state index < -0.39 is 11.8 Å². The van der Waals surface area contributed by atoms with Gasteiger partial charge in [-0.2, -0.15) is 0 Å². The Labute approximate surface area is 114 Å². The summed E-state index contributed by atoms with van der Waals surface area (Å²) >= 11 is 1.68. The number of hydrogen-bond acceptors (Lipinski definition) is 3. The molecule has 0 aliphatic heterocycles. The third-order valence-electron chi connectivity index (χ3n) is 2.72. The lowest BCUT2D eigenvalue weighted by Gasteiger charge is -2.16. The second-order valence-electron chi connectivity index (χ2n) is 4.37. The smallest absolute Gasteiger partial charge is 0.338 e. The second kappa shape index (κ2) is 5.95. The van der Waals surface area contributed by atoms with Crippen molar-refractivity contribution in [3.8, 4) is 0 Å². The van der Waals surface area contributed by atoms with Crippen molar-refractivity contribution >= 4 is 17.3 Å². The summed E-state index contributed by atoms with van der Waals surface area (Å²) in [5.41, 5.74) is 0.514. The van der Waals surface area contributed by atoms with Gasteiger partial charge in [-0.05, 0) is 36.2 Å². The van der Waals surface area contributed by atoms with Gasteiger partial charge in [0.25, 0.3) is 0 Å². The molecule has 3 nitrogen and oxygen atoms in total. The minimum Gasteiger partial charge on any atom is -0.478 e. The summed E-state index contributed by atoms with van der Waals surface area (Å²) in [5.74, 6) is -1.93. The third-order valence-corrected chi connectivity index (χ3v) is 3.58. The van der Waals surface area contributed by atoms with Crippen LogP contribution in [-0.4, -0.2) is 23.0 Å². The first-order valence-electron chi connectivity index (χ1n) is 5.79. The van der Waals surface area contributed by atoms with E-state index in [1.165, 1.54) is 17.0 Å². The molecule has 0 bridgehead atoms. The molecule has 0 radical (unpaired) electrons. The molecule has 2 rings (SSSR count). The third kappa shape index (κ3) is 3.62. The first-order chi connectivity index (χ1) is 9.06. The number of nitrogens with zero attached hydrogens (tertiary/aromatic N) is 1. The Morgan fingerprint density at radius 1 is 1.37 bits per heavy atom. The maximum Gasteiger partial charge on any atom is 0.338 e. The Balaban J connectivity index is 2.06. The van der Waals surface area contributed by atoms with Crippen LogP contribution in [0.4, 0.5) is 4.39 Å². The molecule has 0 atom stereocenters. The van der Waals surface area contributed by atoms with E-state index >= 15 is 0 Å². The fourth-order valence-electron chi connectivity index (χ4n) is 1.87. The molecule has 1 aromatic heterocycles. The Hall–Kier alpha value is -1.72. The standard InChI is InChI=1S/C14H14FNO2S/c1-16(9-11-3-2-6-19-11)8-10-4-5-13(15)12(7-10)14(17)18/h2-7H,8-9H2,1H3,(H,17,18). The van der Waals surface area contributed by atoms with Crippen LogP contribution in [0, 0.1) is 5.82 Å². The first-order valence-corrected chi connectivity index (χ1v) is 6.67. The zero-order valence-corrected chi connectivity index (χ0v) is 11.3. The zero-order valence-electron chi connectivity index (χ0n) is 10.5. The van der Waals surface area contributed by atoms with Gasteiger partial charge in [0.2, 0.25) is 0 Å². The molecule has 1 heterocycles. The Bertz CT molecular complexity index is 569. The summed E-state index contributed by atoms with van der Waals surface area (Å²) < 4.78 is 13.3. The highest BCUT2D eigenvalue weighted by atomic mass is 32.1. The summed E-state index contributed by atoms with van der Waals surface area (Å²) in [7, 11) is 1.95. The van der Waals surface area contributed by atoms with Gasteiger partial charge in [-0.25, -0.2) is 9.18 Å². The van der Waals surface area contributed by atoms with Gasteiger partial charge in [0, 0.05) is 18.0 Å². The van der Waals surface area contributed by atoms with Crippen molar-refractivity contribution in [3.63, 3.8) is 0 Å². The molecule has 2 aromatic rings. The van der Waals surface area contributed by atoms with Crippen LogP contribution in [0.25, 0.3) is 0 Å². The molecule has 0 amide bonds. The molecule has 1 aromatic carbocycles. The lowest BCUT2D eigenvalue weighted by molar-refractivity contribution is 0.0691. The molecule has 19 heavy (non-hydrogen) atoms. The van der Waals surface area contributed by atoms with Crippen LogP contribution in [-0.2, 0) is 13.1 Å². The summed E-state index contributed by atoms with van der Waals surface area (Å²) in [6.45, 7) is 1.37. The minimum absolute atomic E-state index is 0.276. The van der Waals surface area contributed by atoms with E-state index in [9.17, 15) is 9.18 Å². The van der Waals surface area contributed by atoms with Gasteiger partial charge in [0.05, 0.1) is 5.56 Å². The largest absolute Gasteiger partial charge is 0.478 e. The molecule has 5 heteroatoms. The first kappa shape index (κ1) is 13.7. The number of hydrogen-bond donors (Lipinski definition) is 1. The molecule has 0 unspecified atom stereocenters. The molecule has 0 aliphatic rings. The predicted molar refractivity (Wildman–Crippen MR) is 72.8 cm³/mol. The molecule has 0 fully saturated rings. The number of aromatic carboxylic acids is 1. The lowest BCUT2D eigenvalue weighted by atomic mass is 10.1. The van der Waals surface area contributed by atoms with Crippen LogP contribution < -0.4 is 0 Å². The zero-order chi connectivity index (χ0) is 13.8. The fraction of sp³-hybridized carbons (Fsp3) is 0.214. The minimum atomic E-state index is -1.24. The van der Waals surface area contributed by atoms with Crippen LogP contribution in [0.2, 0.25) is 0 Å². The topological polar surface area (TPSA) is 40.5 Å².